The molecule has 0 fully saturated rings. The van der Waals surface area contributed by atoms with Crippen LogP contribution in [0.15, 0.2) is 30.5 Å². The zero-order chi connectivity index (χ0) is 13.2. The Bertz CT molecular complexity index is 566. The first-order chi connectivity index (χ1) is 8.50. The first-order valence-corrected chi connectivity index (χ1v) is 4.83. The van der Waals surface area contributed by atoms with Crippen LogP contribution in [-0.2, 0) is 6.18 Å². The third-order valence-corrected chi connectivity index (χ3v) is 2.19. The number of hydrogen-bond acceptors (Lipinski definition) is 4. The second-order valence-corrected chi connectivity index (χ2v) is 3.39. The molecule has 0 radical (unpaired) electrons. The van der Waals surface area contributed by atoms with Gasteiger partial charge in [-0.15, -0.1) is 5.10 Å². The number of benzene rings is 1. The van der Waals surface area contributed by atoms with E-state index in [1.165, 1.54) is 18.3 Å². The lowest BCUT2D eigenvalue weighted by molar-refractivity contribution is -0.137. The number of carbonyl (C=O) groups is 1. The van der Waals surface area contributed by atoms with Gasteiger partial charge in [0.15, 0.2) is 6.29 Å². The topological polar surface area (TPSA) is 55.7 Å². The second-order valence-electron chi connectivity index (χ2n) is 3.39. The van der Waals surface area contributed by atoms with Crippen molar-refractivity contribution in [3.8, 4) is 11.3 Å². The van der Waals surface area contributed by atoms with Crippen LogP contribution in [0.25, 0.3) is 11.3 Å². The number of hydrogen-bond donors (Lipinski definition) is 0. The van der Waals surface area contributed by atoms with Gasteiger partial charge in [0.2, 0.25) is 5.82 Å². The summed E-state index contributed by atoms with van der Waals surface area (Å²) in [4.78, 5) is 14.3. The Hall–Kier alpha value is -2.31. The fourth-order valence-electron chi connectivity index (χ4n) is 1.34. The Morgan fingerprint density at radius 3 is 2.33 bits per heavy atom. The molecule has 92 valence electrons. The summed E-state index contributed by atoms with van der Waals surface area (Å²) in [6.45, 7) is 0. The van der Waals surface area contributed by atoms with Crippen LogP contribution in [0.2, 0.25) is 0 Å². The normalized spacial score (nSPS) is 11.3. The van der Waals surface area contributed by atoms with Crippen LogP contribution < -0.4 is 0 Å². The van der Waals surface area contributed by atoms with E-state index in [-0.39, 0.29) is 5.82 Å². The molecule has 4 nitrogen and oxygen atoms in total. The third-order valence-electron chi connectivity index (χ3n) is 2.19. The summed E-state index contributed by atoms with van der Waals surface area (Å²) >= 11 is 0. The minimum Gasteiger partial charge on any atom is -0.294 e. The first kappa shape index (κ1) is 12.2. The number of aromatic nitrogens is 3. The predicted octanol–water partition coefficient (Wildman–Crippen LogP) is 2.37. The molecule has 1 aromatic carbocycles. The summed E-state index contributed by atoms with van der Waals surface area (Å²) in [7, 11) is 0. The molecule has 0 saturated carbocycles. The summed E-state index contributed by atoms with van der Waals surface area (Å²) in [5.41, 5.74) is -0.0225. The fraction of sp³-hybridized carbons (Fsp3) is 0.0909. The maximum atomic E-state index is 12.4. The maximum Gasteiger partial charge on any atom is 0.416 e. The van der Waals surface area contributed by atoms with Crippen LogP contribution in [0.5, 0.6) is 0 Å². The van der Waals surface area contributed by atoms with E-state index in [0.29, 0.717) is 17.5 Å². The predicted molar refractivity (Wildman–Crippen MR) is 55.7 cm³/mol. The summed E-state index contributed by atoms with van der Waals surface area (Å²) in [5.74, 6) is -0.118. The average Bonchev–Trinajstić information content (AvgIpc) is 2.38. The van der Waals surface area contributed by atoms with Crippen molar-refractivity contribution >= 4 is 6.29 Å². The monoisotopic (exact) mass is 253 g/mol. The van der Waals surface area contributed by atoms with Crippen LogP contribution in [0.3, 0.4) is 0 Å². The van der Waals surface area contributed by atoms with Crippen LogP contribution in [0.4, 0.5) is 13.2 Å². The lowest BCUT2D eigenvalue weighted by Crippen LogP contribution is -2.04. The van der Waals surface area contributed by atoms with Crippen LogP contribution >= 0.6 is 0 Å². The minimum atomic E-state index is -4.38. The summed E-state index contributed by atoms with van der Waals surface area (Å²) in [6.07, 6.45) is -2.69. The van der Waals surface area contributed by atoms with Crippen molar-refractivity contribution < 1.29 is 18.0 Å². The van der Waals surface area contributed by atoms with Gasteiger partial charge in [-0.25, -0.2) is 4.98 Å². The van der Waals surface area contributed by atoms with Crippen LogP contribution in [-0.4, -0.2) is 21.5 Å². The van der Waals surface area contributed by atoms with Crippen molar-refractivity contribution in [2.24, 2.45) is 0 Å². The maximum absolute atomic E-state index is 12.4. The molecular weight excluding hydrogens is 247 g/mol. The Morgan fingerprint density at radius 1 is 1.11 bits per heavy atom. The Morgan fingerprint density at radius 2 is 1.78 bits per heavy atom. The molecular formula is C11H6F3N3O. The van der Waals surface area contributed by atoms with Crippen molar-refractivity contribution in [1.82, 2.24) is 15.2 Å². The first-order valence-electron chi connectivity index (χ1n) is 4.83. The van der Waals surface area contributed by atoms with Crippen molar-refractivity contribution in [3.05, 3.63) is 41.9 Å². The number of halogens is 3. The lowest BCUT2D eigenvalue weighted by Gasteiger charge is -2.07. The molecule has 0 unspecified atom stereocenters. The van der Waals surface area contributed by atoms with Gasteiger partial charge in [0, 0.05) is 5.56 Å². The summed E-state index contributed by atoms with van der Waals surface area (Å²) in [5, 5.41) is 6.97. The second kappa shape index (κ2) is 4.52. The molecule has 0 spiro atoms. The smallest absolute Gasteiger partial charge is 0.294 e. The van der Waals surface area contributed by atoms with Gasteiger partial charge in [-0.05, 0) is 12.1 Å². The van der Waals surface area contributed by atoms with Gasteiger partial charge in [-0.2, -0.15) is 18.3 Å². The minimum absolute atomic E-state index is 0.118. The van der Waals surface area contributed by atoms with E-state index >= 15 is 0 Å². The molecule has 7 heteroatoms. The highest BCUT2D eigenvalue weighted by molar-refractivity contribution is 5.70. The Balaban J connectivity index is 2.37. The highest BCUT2D eigenvalue weighted by Gasteiger charge is 2.29. The van der Waals surface area contributed by atoms with Gasteiger partial charge in [-0.3, -0.25) is 4.79 Å². The zero-order valence-corrected chi connectivity index (χ0v) is 8.85. The summed E-state index contributed by atoms with van der Waals surface area (Å²) < 4.78 is 37.1. The highest BCUT2D eigenvalue weighted by Crippen LogP contribution is 2.30. The molecule has 1 heterocycles. The van der Waals surface area contributed by atoms with Gasteiger partial charge in [0.1, 0.15) is 0 Å². The highest BCUT2D eigenvalue weighted by atomic mass is 19.4. The molecule has 2 aromatic rings. The molecule has 0 saturated heterocycles. The van der Waals surface area contributed by atoms with Crippen LogP contribution in [0.1, 0.15) is 16.2 Å². The molecule has 0 bridgehead atoms. The molecule has 0 aliphatic heterocycles. The van der Waals surface area contributed by atoms with E-state index in [1.54, 1.807) is 0 Å². The molecule has 0 aliphatic rings. The number of nitrogens with zero attached hydrogens (tertiary/aromatic N) is 3. The Labute approximate surface area is 99.5 Å². The van der Waals surface area contributed by atoms with Gasteiger partial charge in [0.25, 0.3) is 0 Å². The van der Waals surface area contributed by atoms with Gasteiger partial charge in [0.05, 0.1) is 17.5 Å². The van der Waals surface area contributed by atoms with Gasteiger partial charge < -0.3 is 0 Å². The fourth-order valence-corrected chi connectivity index (χ4v) is 1.34. The molecule has 0 N–H and O–H groups in total. The lowest BCUT2D eigenvalue weighted by atomic mass is 10.1. The van der Waals surface area contributed by atoms with Crippen molar-refractivity contribution in [3.63, 3.8) is 0 Å². The molecule has 0 amide bonds. The third kappa shape index (κ3) is 2.50. The molecule has 18 heavy (non-hydrogen) atoms. The van der Waals surface area contributed by atoms with E-state index in [1.807, 2.05) is 0 Å². The largest absolute Gasteiger partial charge is 0.416 e. The molecule has 0 aliphatic carbocycles. The van der Waals surface area contributed by atoms with Crippen molar-refractivity contribution in [2.75, 3.05) is 0 Å². The van der Waals surface area contributed by atoms with E-state index in [0.717, 1.165) is 12.1 Å². The molecule has 0 atom stereocenters. The molecule has 2 rings (SSSR count). The number of rotatable bonds is 2. The van der Waals surface area contributed by atoms with E-state index in [9.17, 15) is 18.0 Å². The van der Waals surface area contributed by atoms with E-state index < -0.39 is 11.7 Å². The number of carbonyl (C=O) groups excluding carboxylic acids is 1. The average molecular weight is 253 g/mol. The van der Waals surface area contributed by atoms with Crippen molar-refractivity contribution in [2.45, 2.75) is 6.18 Å². The number of aldehydes is 1. The Kier molecular flexibility index (Phi) is 3.05. The molecule has 1 aromatic heterocycles. The summed E-state index contributed by atoms with van der Waals surface area (Å²) in [6, 6.07) is 4.42. The zero-order valence-electron chi connectivity index (χ0n) is 8.85. The van der Waals surface area contributed by atoms with Crippen LogP contribution in [0, 0.1) is 0 Å². The standard InChI is InChI=1S/C11H6F3N3O/c12-11(13,14)8-3-1-7(2-4-8)9-5-15-17-10(6-18)16-9/h1-6H. The van der Waals surface area contributed by atoms with E-state index in [4.69, 9.17) is 0 Å². The quantitative estimate of drug-likeness (QED) is 0.771. The number of alkyl halides is 3. The SMILES string of the molecule is O=Cc1nncc(-c2ccc(C(F)(F)F)cc2)n1. The van der Waals surface area contributed by atoms with E-state index in [2.05, 4.69) is 15.2 Å². The van der Waals surface area contributed by atoms with Gasteiger partial charge >= 0.3 is 6.18 Å². The van der Waals surface area contributed by atoms with Crippen molar-refractivity contribution in [1.29, 1.82) is 0 Å². The van der Waals surface area contributed by atoms with Gasteiger partial charge in [-0.1, -0.05) is 12.1 Å².